The summed E-state index contributed by atoms with van der Waals surface area (Å²) in [7, 11) is -4.00. The summed E-state index contributed by atoms with van der Waals surface area (Å²) in [6.45, 7) is 19.3. The van der Waals surface area contributed by atoms with Crippen molar-refractivity contribution >= 4 is 66.2 Å². The summed E-state index contributed by atoms with van der Waals surface area (Å²) in [4.78, 5) is 6.91. The molecule has 4 aromatic rings. The van der Waals surface area contributed by atoms with Gasteiger partial charge >= 0.3 is 0 Å². The molecule has 0 spiro atoms. The number of hydrogen-bond acceptors (Lipinski definition) is 5. The lowest BCUT2D eigenvalue weighted by Gasteiger charge is -2.49. The van der Waals surface area contributed by atoms with Gasteiger partial charge in [-0.05, 0) is 72.5 Å². The monoisotopic (exact) mass is 546 g/mol. The Morgan fingerprint density at radius 1 is 0.667 bits per heavy atom. The molecule has 4 heterocycles. The average molecular weight is 547 g/mol. The minimum Gasteiger partial charge on any atom is -0.414 e. The summed E-state index contributed by atoms with van der Waals surface area (Å²) in [5.41, 5.74) is 0. The van der Waals surface area contributed by atoms with Crippen molar-refractivity contribution in [1.29, 1.82) is 0 Å². The molecule has 0 aliphatic carbocycles. The van der Waals surface area contributed by atoms with Gasteiger partial charge in [-0.3, -0.25) is 0 Å². The van der Waals surface area contributed by atoms with E-state index in [4.69, 9.17) is 4.43 Å². The van der Waals surface area contributed by atoms with Gasteiger partial charge in [-0.1, -0.05) is 45.1 Å². The fraction of sp³-hybridized carbons (Fsp3) is 0.385. The average Bonchev–Trinajstić information content (AvgIpc) is 3.54. The van der Waals surface area contributed by atoms with Crippen molar-refractivity contribution in [3.05, 3.63) is 64.2 Å². The van der Waals surface area contributed by atoms with Crippen molar-refractivity contribution in [2.24, 2.45) is 0 Å². The van der Waals surface area contributed by atoms with Gasteiger partial charge in [-0.2, -0.15) is 0 Å². The summed E-state index contributed by atoms with van der Waals surface area (Å²) >= 11 is 7.54. The van der Waals surface area contributed by atoms with Gasteiger partial charge in [-0.25, -0.2) is 0 Å². The molecule has 0 radical (unpaired) electrons. The molecule has 1 nitrogen and oxygen atoms in total. The Labute approximate surface area is 217 Å². The first-order valence-corrected chi connectivity index (χ1v) is 20.6. The largest absolute Gasteiger partial charge is 0.414 e. The fourth-order valence-corrected chi connectivity index (χ4v) is 15.4. The third-order valence-corrected chi connectivity index (χ3v) is 23.0. The predicted octanol–water partition coefficient (Wildman–Crippen LogP) is 9.24. The summed E-state index contributed by atoms with van der Waals surface area (Å²) in [5.74, 6) is 0. The lowest BCUT2D eigenvalue weighted by atomic mass is 10.1. The van der Waals surface area contributed by atoms with Crippen LogP contribution in [0.15, 0.2) is 59.3 Å². The van der Waals surface area contributed by atoms with Gasteiger partial charge in [0.1, 0.15) is 8.07 Å². The second-order valence-corrected chi connectivity index (χ2v) is 24.5. The van der Waals surface area contributed by atoms with Crippen LogP contribution in [0.5, 0.6) is 0 Å². The zero-order chi connectivity index (χ0) is 24.1. The Kier molecular flexibility index (Phi) is 6.90. The maximum Gasteiger partial charge on any atom is 0.197 e. The maximum absolute atomic E-state index is 7.28. The molecule has 4 aromatic heterocycles. The Balaban J connectivity index is 1.59. The predicted molar refractivity (Wildman–Crippen MR) is 158 cm³/mol. The van der Waals surface area contributed by atoms with Crippen molar-refractivity contribution in [3.8, 4) is 19.5 Å². The van der Waals surface area contributed by atoms with E-state index in [-0.39, 0.29) is 10.3 Å². The molecular weight excluding hydrogens is 513 g/mol. The van der Waals surface area contributed by atoms with E-state index in [0.717, 1.165) is 0 Å². The standard InChI is InChI=1S/C26H34OS4Si2/c1-25(2,23-15-13-21(30-23)19-11-9-17-28-19)33(7,8)27-26(3,4)32(5,6)24-16-14-22(31-24)20-12-10-18-29-20/h9-18H,1-8H3. The molecule has 0 fully saturated rings. The molecule has 0 saturated heterocycles. The Morgan fingerprint density at radius 2 is 1.21 bits per heavy atom. The molecule has 0 aliphatic rings. The van der Waals surface area contributed by atoms with E-state index in [1.165, 1.54) is 28.9 Å². The lowest BCUT2D eigenvalue weighted by molar-refractivity contribution is 0.165. The molecule has 0 bridgehead atoms. The normalized spacial score (nSPS) is 13.6. The van der Waals surface area contributed by atoms with E-state index in [1.807, 2.05) is 45.3 Å². The molecule has 4 rings (SSSR count). The second-order valence-electron chi connectivity index (χ2n) is 10.7. The Morgan fingerprint density at radius 3 is 1.76 bits per heavy atom. The van der Waals surface area contributed by atoms with Crippen molar-refractivity contribution < 1.29 is 4.43 Å². The van der Waals surface area contributed by atoms with E-state index in [1.54, 1.807) is 0 Å². The van der Waals surface area contributed by atoms with Crippen molar-refractivity contribution in [2.75, 3.05) is 0 Å². The highest BCUT2D eigenvalue weighted by atomic mass is 32.1. The lowest BCUT2D eigenvalue weighted by Crippen LogP contribution is -2.65. The molecule has 0 aliphatic heterocycles. The van der Waals surface area contributed by atoms with Crippen LogP contribution in [0.25, 0.3) is 19.5 Å². The van der Waals surface area contributed by atoms with Gasteiger partial charge in [0, 0.05) is 34.6 Å². The van der Waals surface area contributed by atoms with Crippen LogP contribution in [0.2, 0.25) is 26.2 Å². The first-order chi connectivity index (χ1) is 15.4. The second kappa shape index (κ2) is 9.01. The van der Waals surface area contributed by atoms with Crippen LogP contribution in [0, 0.1) is 0 Å². The maximum atomic E-state index is 7.28. The summed E-state index contributed by atoms with van der Waals surface area (Å²) in [6.07, 6.45) is 0. The minimum atomic E-state index is -2.11. The van der Waals surface area contributed by atoms with Crippen LogP contribution in [-0.4, -0.2) is 21.6 Å². The third kappa shape index (κ3) is 4.70. The summed E-state index contributed by atoms with van der Waals surface area (Å²) in [5, 5.41) is 4.18. The van der Waals surface area contributed by atoms with Crippen LogP contribution in [0.3, 0.4) is 0 Å². The van der Waals surface area contributed by atoms with Crippen LogP contribution < -0.4 is 4.50 Å². The minimum absolute atomic E-state index is 0.0203. The molecule has 0 saturated carbocycles. The summed E-state index contributed by atoms with van der Waals surface area (Å²) < 4.78 is 8.81. The zero-order valence-corrected chi connectivity index (χ0v) is 26.1. The van der Waals surface area contributed by atoms with E-state index in [2.05, 4.69) is 113 Å². The van der Waals surface area contributed by atoms with Gasteiger partial charge in [0.15, 0.2) is 8.32 Å². The number of rotatable bonds is 8. The molecule has 33 heavy (non-hydrogen) atoms. The van der Waals surface area contributed by atoms with E-state index >= 15 is 0 Å². The molecule has 0 unspecified atom stereocenters. The SMILES string of the molecule is CC(C)(c1ccc(-c2cccs2)s1)[Si](C)(C)OC(C)(C)[Si](C)(C)c1ccc(-c2cccs2)s1. The molecule has 0 N–H and O–H groups in total. The highest BCUT2D eigenvalue weighted by Gasteiger charge is 2.51. The number of hydrogen-bond donors (Lipinski definition) is 0. The van der Waals surface area contributed by atoms with Gasteiger partial charge in [-0.15, -0.1) is 45.3 Å². The molecule has 0 aromatic carbocycles. The fourth-order valence-electron chi connectivity index (χ4n) is 3.94. The van der Waals surface area contributed by atoms with Gasteiger partial charge in [0.05, 0.1) is 0 Å². The number of thiophene rings is 4. The third-order valence-electron chi connectivity index (χ3n) is 7.49. The van der Waals surface area contributed by atoms with Gasteiger partial charge in [0.2, 0.25) is 0 Å². The van der Waals surface area contributed by atoms with E-state index in [0.29, 0.717) is 0 Å². The van der Waals surface area contributed by atoms with Crippen molar-refractivity contribution in [2.45, 2.75) is 64.1 Å². The van der Waals surface area contributed by atoms with Crippen LogP contribution in [-0.2, 0) is 9.46 Å². The topological polar surface area (TPSA) is 9.23 Å². The highest BCUT2D eigenvalue weighted by Crippen LogP contribution is 2.44. The molecule has 0 amide bonds. The molecular formula is C26H34OS4Si2. The van der Waals surface area contributed by atoms with Crippen LogP contribution in [0.1, 0.15) is 32.6 Å². The Hall–Kier alpha value is -0.806. The molecule has 0 atom stereocenters. The van der Waals surface area contributed by atoms with E-state index in [9.17, 15) is 0 Å². The molecule has 176 valence electrons. The van der Waals surface area contributed by atoms with Crippen molar-refractivity contribution in [1.82, 2.24) is 0 Å². The first kappa shape index (κ1) is 25.3. The zero-order valence-electron chi connectivity index (χ0n) is 20.8. The smallest absolute Gasteiger partial charge is 0.197 e. The van der Waals surface area contributed by atoms with E-state index < -0.39 is 16.4 Å². The van der Waals surface area contributed by atoms with Crippen LogP contribution >= 0.6 is 45.3 Å². The Bertz CT molecular complexity index is 1100. The van der Waals surface area contributed by atoms with Crippen molar-refractivity contribution in [3.63, 3.8) is 0 Å². The van der Waals surface area contributed by atoms with Gasteiger partial charge in [0.25, 0.3) is 0 Å². The van der Waals surface area contributed by atoms with Gasteiger partial charge < -0.3 is 4.43 Å². The molecule has 7 heteroatoms. The highest BCUT2D eigenvalue weighted by molar-refractivity contribution is 7.31. The van der Waals surface area contributed by atoms with Crippen LogP contribution in [0.4, 0.5) is 0 Å². The summed E-state index contributed by atoms with van der Waals surface area (Å²) in [6, 6.07) is 18.0. The first-order valence-electron chi connectivity index (χ1n) is 11.3. The quantitative estimate of drug-likeness (QED) is 0.200.